The minimum atomic E-state index is -2.35. The van der Waals surface area contributed by atoms with Crippen molar-refractivity contribution in [3.05, 3.63) is 88.7 Å². The Bertz CT molecular complexity index is 1850. The van der Waals surface area contributed by atoms with Gasteiger partial charge >= 0.3 is 12.1 Å². The first-order valence-electron chi connectivity index (χ1n) is 23.0. The van der Waals surface area contributed by atoms with Crippen molar-refractivity contribution in [2.75, 3.05) is 172 Å². The molecule has 0 heterocycles. The van der Waals surface area contributed by atoms with E-state index in [9.17, 15) is 31.5 Å². The minimum Gasteiger partial charge on any atom is -0.449 e. The predicted octanol–water partition coefficient (Wildman–Crippen LogP) is 5.42. The summed E-state index contributed by atoms with van der Waals surface area (Å²) in [6, 6.07) is 16.4. The van der Waals surface area contributed by atoms with Crippen molar-refractivity contribution < 1.29 is 97.9 Å². The van der Waals surface area contributed by atoms with E-state index in [2.05, 4.69) is 34.3 Å². The van der Waals surface area contributed by atoms with Crippen LogP contribution in [0.2, 0.25) is 0 Å². The standard InChI is InChI=1S/C48H64F5NO16/c49-42-43(50)45(52)47(46(53)44(42)51)70-41(55)9-11-57-13-15-59-17-19-61-21-23-63-25-27-65-29-31-67-33-34-68-32-30-66-28-26-64-24-22-62-20-18-60-16-14-58-12-10-54-48(56)69-35-40-38-7-3-1-5-36(38)37-6-2-4-8-39(37)40/h1-8,40H,9-35H2,(H,54,56). The van der Waals surface area contributed by atoms with Gasteiger partial charge in [0.25, 0.3) is 0 Å². The number of esters is 1. The molecule has 22 heteroatoms. The zero-order valence-electron chi connectivity index (χ0n) is 39.2. The molecule has 0 aromatic heterocycles. The van der Waals surface area contributed by atoms with Crippen LogP contribution in [0.25, 0.3) is 11.1 Å². The van der Waals surface area contributed by atoms with E-state index in [1.165, 1.54) is 22.3 Å². The summed E-state index contributed by atoms with van der Waals surface area (Å²) in [6.07, 6.45) is -0.966. The van der Waals surface area contributed by atoms with E-state index >= 15 is 0 Å². The third-order valence-corrected chi connectivity index (χ3v) is 9.79. The molecule has 1 aliphatic rings. The molecule has 0 radical (unpaired) electrons. The third kappa shape index (κ3) is 22.8. The molecule has 0 atom stereocenters. The molecule has 3 aromatic carbocycles. The number of hydrogen-bond acceptors (Lipinski definition) is 16. The Morgan fingerprint density at radius 3 is 1.06 bits per heavy atom. The van der Waals surface area contributed by atoms with Gasteiger partial charge < -0.3 is 71.6 Å². The molecule has 0 spiro atoms. The second-order valence-corrected chi connectivity index (χ2v) is 14.7. The SMILES string of the molecule is O=C(CCOCCOCCOCCOCCOCCOCCOCCOCCOCCOCCOCCOCCNC(=O)OCC1c2ccccc2-c2ccccc21)Oc1c(F)c(F)c(F)c(F)c1F. The Balaban J connectivity index is 0.765. The average molecular weight is 1010 g/mol. The van der Waals surface area contributed by atoms with Crippen LogP contribution >= 0.6 is 0 Å². The maximum absolute atomic E-state index is 13.6. The Morgan fingerprint density at radius 2 is 0.700 bits per heavy atom. The summed E-state index contributed by atoms with van der Waals surface area (Å²) in [6.45, 7) is 9.03. The lowest BCUT2D eigenvalue weighted by Crippen LogP contribution is -2.29. The van der Waals surface area contributed by atoms with Crippen molar-refractivity contribution in [1.29, 1.82) is 0 Å². The molecule has 70 heavy (non-hydrogen) atoms. The van der Waals surface area contributed by atoms with Gasteiger partial charge in [-0.15, -0.1) is 0 Å². The fourth-order valence-corrected chi connectivity index (χ4v) is 6.39. The van der Waals surface area contributed by atoms with Gasteiger partial charge in [-0.2, -0.15) is 8.78 Å². The molecule has 1 aliphatic carbocycles. The summed E-state index contributed by atoms with van der Waals surface area (Å²) >= 11 is 0. The monoisotopic (exact) mass is 1010 g/mol. The first-order valence-corrected chi connectivity index (χ1v) is 23.0. The van der Waals surface area contributed by atoms with Crippen LogP contribution in [-0.2, 0) is 66.4 Å². The number of carbonyl (C=O) groups excluding carboxylic acids is 2. The van der Waals surface area contributed by atoms with E-state index in [0.29, 0.717) is 139 Å². The third-order valence-electron chi connectivity index (χ3n) is 9.79. The van der Waals surface area contributed by atoms with E-state index in [4.69, 9.17) is 61.6 Å². The number of hydrogen-bond donors (Lipinski definition) is 1. The Kier molecular flexibility index (Phi) is 30.3. The Hall–Kier alpha value is -4.43. The molecule has 0 saturated carbocycles. The number of ether oxygens (including phenoxy) is 14. The van der Waals surface area contributed by atoms with Gasteiger partial charge in [0, 0.05) is 12.5 Å². The molecule has 392 valence electrons. The summed E-state index contributed by atoms with van der Waals surface area (Å²) in [5.74, 6) is -14.2. The van der Waals surface area contributed by atoms with E-state index in [1.807, 2.05) is 24.3 Å². The fourth-order valence-electron chi connectivity index (χ4n) is 6.39. The summed E-state index contributed by atoms with van der Waals surface area (Å²) in [5.41, 5.74) is 4.71. The smallest absolute Gasteiger partial charge is 0.407 e. The molecule has 0 saturated heterocycles. The zero-order valence-corrected chi connectivity index (χ0v) is 39.2. The minimum absolute atomic E-state index is 0.0174. The molecule has 1 amide bonds. The maximum Gasteiger partial charge on any atom is 0.407 e. The lowest BCUT2D eigenvalue weighted by atomic mass is 9.98. The molecule has 1 N–H and O–H groups in total. The number of fused-ring (bicyclic) bond motifs is 3. The highest BCUT2D eigenvalue weighted by molar-refractivity contribution is 5.79. The van der Waals surface area contributed by atoms with E-state index in [0.717, 1.165) is 0 Å². The molecule has 0 unspecified atom stereocenters. The van der Waals surface area contributed by atoms with Crippen LogP contribution < -0.4 is 10.1 Å². The van der Waals surface area contributed by atoms with Crippen molar-refractivity contribution in [3.63, 3.8) is 0 Å². The number of rotatable bonds is 42. The predicted molar refractivity (Wildman–Crippen MR) is 239 cm³/mol. The van der Waals surface area contributed by atoms with Crippen molar-refractivity contribution in [3.8, 4) is 16.9 Å². The molecule has 0 fully saturated rings. The van der Waals surface area contributed by atoms with Crippen LogP contribution in [0.4, 0.5) is 26.7 Å². The number of carbonyl (C=O) groups is 2. The van der Waals surface area contributed by atoms with Gasteiger partial charge in [-0.25, -0.2) is 18.0 Å². The summed E-state index contributed by atoms with van der Waals surface area (Å²) < 4.78 is 142. The van der Waals surface area contributed by atoms with Crippen molar-refractivity contribution in [2.45, 2.75) is 12.3 Å². The largest absolute Gasteiger partial charge is 0.449 e. The van der Waals surface area contributed by atoms with E-state index in [-0.39, 0.29) is 39.0 Å². The zero-order chi connectivity index (χ0) is 49.9. The second-order valence-electron chi connectivity index (χ2n) is 14.7. The Labute approximate surface area is 404 Å². The number of amides is 1. The quantitative estimate of drug-likeness (QED) is 0.0190. The lowest BCUT2D eigenvalue weighted by Gasteiger charge is -2.14. The number of nitrogens with one attached hydrogen (secondary N) is 1. The summed E-state index contributed by atoms with van der Waals surface area (Å²) in [5, 5.41) is 2.73. The van der Waals surface area contributed by atoms with Gasteiger partial charge in [0.05, 0.1) is 165 Å². The average Bonchev–Trinajstić information content (AvgIpc) is 3.69. The molecule has 0 bridgehead atoms. The highest BCUT2D eigenvalue weighted by atomic mass is 19.2. The van der Waals surface area contributed by atoms with Crippen LogP contribution in [0.3, 0.4) is 0 Å². The topological polar surface area (TPSA) is 175 Å². The molecular weight excluding hydrogens is 942 g/mol. The lowest BCUT2D eigenvalue weighted by molar-refractivity contribution is -0.136. The van der Waals surface area contributed by atoms with Crippen LogP contribution in [0.1, 0.15) is 23.5 Å². The van der Waals surface area contributed by atoms with Crippen molar-refractivity contribution in [2.24, 2.45) is 0 Å². The number of benzene rings is 3. The van der Waals surface area contributed by atoms with Crippen molar-refractivity contribution in [1.82, 2.24) is 5.32 Å². The van der Waals surface area contributed by atoms with Gasteiger partial charge in [0.2, 0.25) is 34.8 Å². The highest BCUT2D eigenvalue weighted by Crippen LogP contribution is 2.44. The van der Waals surface area contributed by atoms with Crippen LogP contribution in [0.15, 0.2) is 48.5 Å². The van der Waals surface area contributed by atoms with E-state index < -0.39 is 53.3 Å². The van der Waals surface area contributed by atoms with Crippen LogP contribution in [0, 0.1) is 29.1 Å². The normalized spacial score (nSPS) is 12.1. The van der Waals surface area contributed by atoms with Crippen LogP contribution in [-0.4, -0.2) is 184 Å². The Morgan fingerprint density at radius 1 is 0.400 bits per heavy atom. The first-order chi connectivity index (χ1) is 34.3. The van der Waals surface area contributed by atoms with Gasteiger partial charge in [0.15, 0.2) is 0 Å². The van der Waals surface area contributed by atoms with Gasteiger partial charge in [-0.05, 0) is 22.3 Å². The van der Waals surface area contributed by atoms with Gasteiger partial charge in [-0.1, -0.05) is 48.5 Å². The second kappa shape index (κ2) is 36.5. The highest BCUT2D eigenvalue weighted by Gasteiger charge is 2.30. The van der Waals surface area contributed by atoms with Gasteiger partial charge in [0.1, 0.15) is 6.61 Å². The summed E-state index contributed by atoms with van der Waals surface area (Å²) in [7, 11) is 0. The molecule has 3 aromatic rings. The maximum atomic E-state index is 13.6. The molecular formula is C48H64F5NO16. The number of alkyl carbamates (subject to hydrolysis) is 1. The molecule has 17 nitrogen and oxygen atoms in total. The van der Waals surface area contributed by atoms with Crippen LogP contribution in [0.5, 0.6) is 5.75 Å². The fraction of sp³-hybridized carbons (Fsp3) is 0.583. The number of halogens is 5. The molecule has 4 rings (SSSR count). The van der Waals surface area contributed by atoms with E-state index in [1.54, 1.807) is 0 Å². The first kappa shape index (κ1) is 58.1. The van der Waals surface area contributed by atoms with Gasteiger partial charge in [-0.3, -0.25) is 4.79 Å². The summed E-state index contributed by atoms with van der Waals surface area (Å²) in [4.78, 5) is 24.0. The van der Waals surface area contributed by atoms with Crippen molar-refractivity contribution >= 4 is 12.1 Å². The molecule has 0 aliphatic heterocycles.